The number of carbonyl (C=O) groups excluding carboxylic acids is 1. The zero-order valence-corrected chi connectivity index (χ0v) is 9.83. The minimum absolute atomic E-state index is 0.187. The largest absolute Gasteiger partial charge is 0.356 e. The Kier molecular flexibility index (Phi) is 3.60. The zero-order valence-electron chi connectivity index (χ0n) is 9.83. The van der Waals surface area contributed by atoms with Gasteiger partial charge in [-0.1, -0.05) is 29.8 Å². The molecule has 0 heterocycles. The van der Waals surface area contributed by atoms with Gasteiger partial charge in [-0.05, 0) is 37.7 Å². The highest BCUT2D eigenvalue weighted by atomic mass is 16.1. The van der Waals surface area contributed by atoms with E-state index in [-0.39, 0.29) is 5.91 Å². The lowest BCUT2D eigenvalue weighted by molar-refractivity contribution is -0.121. The van der Waals surface area contributed by atoms with E-state index in [9.17, 15) is 4.79 Å². The van der Waals surface area contributed by atoms with Crippen LogP contribution >= 0.6 is 0 Å². The molecular formula is C14H19NO. The molecule has 0 radical (unpaired) electrons. The second-order valence-corrected chi connectivity index (χ2v) is 4.73. The van der Waals surface area contributed by atoms with Crippen molar-refractivity contribution in [3.05, 3.63) is 35.4 Å². The molecule has 1 fully saturated rings. The summed E-state index contributed by atoms with van der Waals surface area (Å²) in [6, 6.07) is 8.39. The summed E-state index contributed by atoms with van der Waals surface area (Å²) in [7, 11) is 0. The van der Waals surface area contributed by atoms with Gasteiger partial charge in [-0.25, -0.2) is 0 Å². The molecule has 1 saturated carbocycles. The molecule has 0 bridgehead atoms. The Morgan fingerprint density at radius 1 is 1.31 bits per heavy atom. The molecule has 0 saturated heterocycles. The van der Waals surface area contributed by atoms with Crippen molar-refractivity contribution in [3.63, 3.8) is 0 Å². The van der Waals surface area contributed by atoms with Crippen LogP contribution < -0.4 is 5.32 Å². The van der Waals surface area contributed by atoms with Gasteiger partial charge in [-0.15, -0.1) is 0 Å². The van der Waals surface area contributed by atoms with Gasteiger partial charge >= 0.3 is 0 Å². The summed E-state index contributed by atoms with van der Waals surface area (Å²) in [6.45, 7) is 2.96. The van der Waals surface area contributed by atoms with Crippen LogP contribution in [0.5, 0.6) is 0 Å². The number of nitrogens with one attached hydrogen (secondary N) is 1. The fraction of sp³-hybridized carbons (Fsp3) is 0.500. The van der Waals surface area contributed by atoms with Gasteiger partial charge in [0.1, 0.15) is 0 Å². The van der Waals surface area contributed by atoms with Crippen molar-refractivity contribution in [1.29, 1.82) is 0 Å². The molecule has 2 heteroatoms. The monoisotopic (exact) mass is 217 g/mol. The first-order chi connectivity index (χ1) is 7.74. The molecule has 0 spiro atoms. The molecule has 0 aromatic heterocycles. The summed E-state index contributed by atoms with van der Waals surface area (Å²) in [6.07, 6.45) is 4.03. The lowest BCUT2D eigenvalue weighted by Crippen LogP contribution is -2.25. The topological polar surface area (TPSA) is 29.1 Å². The quantitative estimate of drug-likeness (QED) is 0.806. The summed E-state index contributed by atoms with van der Waals surface area (Å²) in [4.78, 5) is 11.5. The van der Waals surface area contributed by atoms with Gasteiger partial charge in [-0.3, -0.25) is 4.79 Å². The Morgan fingerprint density at radius 3 is 2.62 bits per heavy atom. The minimum Gasteiger partial charge on any atom is -0.356 e. The predicted octanol–water partition coefficient (Wildman–Crippen LogP) is 2.45. The number of amides is 1. The van der Waals surface area contributed by atoms with Gasteiger partial charge in [0.25, 0.3) is 0 Å². The molecule has 1 aliphatic carbocycles. The molecule has 16 heavy (non-hydrogen) atoms. The summed E-state index contributed by atoms with van der Waals surface area (Å²) >= 11 is 0. The van der Waals surface area contributed by atoms with Crippen LogP contribution in [0.1, 0.15) is 30.4 Å². The van der Waals surface area contributed by atoms with Gasteiger partial charge in [-0.2, -0.15) is 0 Å². The third-order valence-electron chi connectivity index (χ3n) is 3.05. The first-order valence-corrected chi connectivity index (χ1v) is 6.06. The Hall–Kier alpha value is -1.31. The standard InChI is InChI=1S/C14H19NO/c1-11-2-4-12(5-3-11)8-9-14(16)15-10-13-6-7-13/h2-5,13H,6-10H2,1H3,(H,15,16). The van der Waals surface area contributed by atoms with Crippen LogP contribution in [0.2, 0.25) is 0 Å². The maximum Gasteiger partial charge on any atom is 0.220 e. The Labute approximate surface area is 97.1 Å². The first-order valence-electron chi connectivity index (χ1n) is 6.06. The summed E-state index contributed by atoms with van der Waals surface area (Å²) < 4.78 is 0. The molecule has 1 N–H and O–H groups in total. The molecule has 0 atom stereocenters. The van der Waals surface area contributed by atoms with Crippen molar-refractivity contribution in [1.82, 2.24) is 5.32 Å². The van der Waals surface area contributed by atoms with E-state index in [2.05, 4.69) is 36.5 Å². The average molecular weight is 217 g/mol. The van der Waals surface area contributed by atoms with Crippen molar-refractivity contribution in [2.75, 3.05) is 6.54 Å². The molecule has 2 nitrogen and oxygen atoms in total. The third kappa shape index (κ3) is 3.69. The van der Waals surface area contributed by atoms with Gasteiger partial charge < -0.3 is 5.32 Å². The lowest BCUT2D eigenvalue weighted by atomic mass is 10.1. The molecular weight excluding hydrogens is 198 g/mol. The lowest BCUT2D eigenvalue weighted by Gasteiger charge is -2.04. The molecule has 1 aliphatic rings. The molecule has 2 rings (SSSR count). The number of hydrogen-bond donors (Lipinski definition) is 1. The van der Waals surface area contributed by atoms with E-state index < -0.39 is 0 Å². The molecule has 1 aromatic carbocycles. The molecule has 1 aromatic rings. The van der Waals surface area contributed by atoms with E-state index in [1.807, 2.05) is 0 Å². The van der Waals surface area contributed by atoms with Crippen LogP contribution in [0.25, 0.3) is 0 Å². The number of rotatable bonds is 5. The van der Waals surface area contributed by atoms with E-state index in [0.29, 0.717) is 6.42 Å². The molecule has 0 aliphatic heterocycles. The molecule has 1 amide bonds. The smallest absolute Gasteiger partial charge is 0.220 e. The minimum atomic E-state index is 0.187. The Balaban J connectivity index is 1.69. The maximum atomic E-state index is 11.5. The van der Waals surface area contributed by atoms with E-state index >= 15 is 0 Å². The molecule has 0 unspecified atom stereocenters. The predicted molar refractivity (Wildman–Crippen MR) is 65.2 cm³/mol. The highest BCUT2D eigenvalue weighted by molar-refractivity contribution is 5.76. The van der Waals surface area contributed by atoms with Crippen LogP contribution in [-0.4, -0.2) is 12.5 Å². The van der Waals surface area contributed by atoms with Crippen LogP contribution in [0, 0.1) is 12.8 Å². The first kappa shape index (κ1) is 11.2. The molecule has 86 valence electrons. The van der Waals surface area contributed by atoms with Crippen LogP contribution in [0.4, 0.5) is 0 Å². The highest BCUT2D eigenvalue weighted by Gasteiger charge is 2.21. The number of carbonyl (C=O) groups is 1. The van der Waals surface area contributed by atoms with Crippen molar-refractivity contribution in [3.8, 4) is 0 Å². The summed E-state index contributed by atoms with van der Waals surface area (Å²) in [5.41, 5.74) is 2.51. The maximum absolute atomic E-state index is 11.5. The van der Waals surface area contributed by atoms with Gasteiger partial charge in [0, 0.05) is 13.0 Å². The SMILES string of the molecule is Cc1ccc(CCC(=O)NCC2CC2)cc1. The number of benzene rings is 1. The number of aryl methyl sites for hydroxylation is 2. The summed E-state index contributed by atoms with van der Waals surface area (Å²) in [5, 5.41) is 2.99. The highest BCUT2D eigenvalue weighted by Crippen LogP contribution is 2.27. The van der Waals surface area contributed by atoms with Crippen molar-refractivity contribution < 1.29 is 4.79 Å². The van der Waals surface area contributed by atoms with Crippen LogP contribution in [0.15, 0.2) is 24.3 Å². The van der Waals surface area contributed by atoms with Crippen molar-refractivity contribution in [2.24, 2.45) is 5.92 Å². The third-order valence-corrected chi connectivity index (χ3v) is 3.05. The van der Waals surface area contributed by atoms with Gasteiger partial charge in [0.2, 0.25) is 5.91 Å². The number of hydrogen-bond acceptors (Lipinski definition) is 1. The van der Waals surface area contributed by atoms with Gasteiger partial charge in [0.15, 0.2) is 0 Å². The van der Waals surface area contributed by atoms with E-state index in [0.717, 1.165) is 18.9 Å². The average Bonchev–Trinajstić information content (AvgIpc) is 3.09. The van der Waals surface area contributed by atoms with Crippen molar-refractivity contribution in [2.45, 2.75) is 32.6 Å². The van der Waals surface area contributed by atoms with E-state index in [4.69, 9.17) is 0 Å². The fourth-order valence-corrected chi connectivity index (χ4v) is 1.68. The summed E-state index contributed by atoms with van der Waals surface area (Å²) in [5.74, 6) is 0.954. The van der Waals surface area contributed by atoms with E-state index in [1.165, 1.54) is 24.0 Å². The van der Waals surface area contributed by atoms with Crippen LogP contribution in [-0.2, 0) is 11.2 Å². The van der Waals surface area contributed by atoms with Crippen LogP contribution in [0.3, 0.4) is 0 Å². The second kappa shape index (κ2) is 5.15. The second-order valence-electron chi connectivity index (χ2n) is 4.73. The Morgan fingerprint density at radius 2 is 2.00 bits per heavy atom. The van der Waals surface area contributed by atoms with Crippen molar-refractivity contribution >= 4 is 5.91 Å². The normalized spacial score (nSPS) is 14.8. The fourth-order valence-electron chi connectivity index (χ4n) is 1.68. The zero-order chi connectivity index (χ0) is 11.4. The van der Waals surface area contributed by atoms with E-state index in [1.54, 1.807) is 0 Å². The van der Waals surface area contributed by atoms with Gasteiger partial charge in [0.05, 0.1) is 0 Å². The Bertz CT molecular complexity index is 352.